The zero-order valence-corrected chi connectivity index (χ0v) is 11.4. The van der Waals surface area contributed by atoms with Crippen molar-refractivity contribution in [3.05, 3.63) is 59.4 Å². The van der Waals surface area contributed by atoms with E-state index in [9.17, 15) is 9.90 Å². The summed E-state index contributed by atoms with van der Waals surface area (Å²) in [6, 6.07) is 9.74. The second-order valence-corrected chi connectivity index (χ2v) is 5.85. The van der Waals surface area contributed by atoms with Crippen LogP contribution in [0.15, 0.2) is 53.8 Å². The number of hydrogen-bond donors (Lipinski definition) is 1. The number of rotatable bonds is 1. The summed E-state index contributed by atoms with van der Waals surface area (Å²) in [6.45, 7) is 1.94. The highest BCUT2D eigenvalue weighted by Crippen LogP contribution is 2.52. The molecule has 0 heterocycles. The zero-order chi connectivity index (χ0) is 13.6. The Morgan fingerprint density at radius 3 is 2.63 bits per heavy atom. The molecule has 0 radical (unpaired) electrons. The molecule has 0 saturated heterocycles. The van der Waals surface area contributed by atoms with Gasteiger partial charge < -0.3 is 5.11 Å². The van der Waals surface area contributed by atoms with Crippen LogP contribution in [-0.2, 0) is 10.2 Å². The molecule has 3 atom stereocenters. The Bertz CT molecular complexity index is 588. The van der Waals surface area contributed by atoms with Crippen LogP contribution in [0.4, 0.5) is 0 Å². The van der Waals surface area contributed by atoms with Crippen LogP contribution in [-0.4, -0.2) is 16.3 Å². The Balaban J connectivity index is 2.13. The van der Waals surface area contributed by atoms with E-state index >= 15 is 0 Å². The molecular weight excluding hydrogens is 260 g/mol. The Labute approximate surface area is 117 Å². The quantitative estimate of drug-likeness (QED) is 0.796. The van der Waals surface area contributed by atoms with E-state index in [1.54, 1.807) is 6.08 Å². The van der Waals surface area contributed by atoms with Gasteiger partial charge in [0.2, 0.25) is 0 Å². The van der Waals surface area contributed by atoms with Crippen LogP contribution in [0.3, 0.4) is 0 Å². The summed E-state index contributed by atoms with van der Waals surface area (Å²) in [4.78, 5) is 11.6. The predicted octanol–water partition coefficient (Wildman–Crippen LogP) is 3.52. The van der Waals surface area contributed by atoms with Crippen molar-refractivity contribution in [2.24, 2.45) is 5.92 Å². The number of carbonyl (C=O) groups is 1. The smallest absolute Gasteiger partial charge is 0.156 e. The van der Waals surface area contributed by atoms with Gasteiger partial charge in [-0.2, -0.15) is 0 Å². The van der Waals surface area contributed by atoms with E-state index in [1.165, 1.54) is 6.08 Å². The van der Waals surface area contributed by atoms with Crippen molar-refractivity contribution in [1.29, 1.82) is 0 Å². The normalized spacial score (nSPS) is 33.7. The maximum atomic E-state index is 11.6. The first kappa shape index (κ1) is 12.5. The lowest BCUT2D eigenvalue weighted by Gasteiger charge is -2.31. The van der Waals surface area contributed by atoms with Crippen LogP contribution in [0.1, 0.15) is 18.9 Å². The van der Waals surface area contributed by atoms with E-state index in [-0.39, 0.29) is 17.1 Å². The average Bonchev–Trinajstić information content (AvgIpc) is 2.63. The third kappa shape index (κ3) is 1.67. The maximum Gasteiger partial charge on any atom is 0.156 e. The number of carbonyl (C=O) groups excluding carboxylic acids is 1. The molecule has 0 aromatic heterocycles. The van der Waals surface area contributed by atoms with Crippen LogP contribution >= 0.6 is 11.6 Å². The molecule has 19 heavy (non-hydrogen) atoms. The summed E-state index contributed by atoms with van der Waals surface area (Å²) in [5.41, 5.74) is 1.17. The number of benzene rings is 1. The lowest BCUT2D eigenvalue weighted by Crippen LogP contribution is -2.34. The molecule has 0 spiro atoms. The molecular formula is C16H15ClO2. The van der Waals surface area contributed by atoms with Gasteiger partial charge >= 0.3 is 0 Å². The Morgan fingerprint density at radius 1 is 1.26 bits per heavy atom. The van der Waals surface area contributed by atoms with E-state index in [0.29, 0.717) is 12.2 Å². The van der Waals surface area contributed by atoms with Crippen molar-refractivity contribution >= 4 is 17.4 Å². The van der Waals surface area contributed by atoms with E-state index < -0.39 is 5.41 Å². The topological polar surface area (TPSA) is 37.3 Å². The second kappa shape index (κ2) is 4.24. The molecule has 3 unspecified atom stereocenters. The number of allylic oxidation sites excluding steroid dienone is 4. The molecule has 2 nitrogen and oxygen atoms in total. The van der Waals surface area contributed by atoms with Gasteiger partial charge in [0.25, 0.3) is 0 Å². The van der Waals surface area contributed by atoms with Crippen molar-refractivity contribution in [3.8, 4) is 0 Å². The van der Waals surface area contributed by atoms with Crippen LogP contribution in [0.2, 0.25) is 0 Å². The van der Waals surface area contributed by atoms with Crippen LogP contribution in [0, 0.1) is 5.92 Å². The van der Waals surface area contributed by atoms with Gasteiger partial charge in [0.15, 0.2) is 5.78 Å². The molecule has 0 aliphatic heterocycles. The van der Waals surface area contributed by atoms with Crippen LogP contribution in [0.25, 0.3) is 0 Å². The van der Waals surface area contributed by atoms with Gasteiger partial charge in [0, 0.05) is 12.3 Å². The van der Waals surface area contributed by atoms with Crippen molar-refractivity contribution in [3.63, 3.8) is 0 Å². The summed E-state index contributed by atoms with van der Waals surface area (Å²) >= 11 is 6.60. The molecule has 2 aliphatic rings. The Kier molecular flexibility index (Phi) is 2.79. The molecule has 0 saturated carbocycles. The minimum absolute atomic E-state index is 0.0736. The third-order valence-electron chi connectivity index (χ3n) is 4.31. The van der Waals surface area contributed by atoms with E-state index in [4.69, 9.17) is 11.6 Å². The summed E-state index contributed by atoms with van der Waals surface area (Å²) in [5.74, 6) is 0.279. The fourth-order valence-electron chi connectivity index (χ4n) is 3.13. The SMILES string of the molecule is CC1(c2ccccc2)C(O)=C2C=CC(=O)CC2C1Cl. The molecule has 0 fully saturated rings. The largest absolute Gasteiger partial charge is 0.511 e. The Hall–Kier alpha value is -1.54. The van der Waals surface area contributed by atoms with Gasteiger partial charge in [-0.1, -0.05) is 36.4 Å². The van der Waals surface area contributed by atoms with Crippen LogP contribution in [0.5, 0.6) is 0 Å². The van der Waals surface area contributed by atoms with Gasteiger partial charge in [-0.25, -0.2) is 0 Å². The molecule has 2 aliphatic carbocycles. The van der Waals surface area contributed by atoms with Gasteiger partial charge in [0.05, 0.1) is 10.8 Å². The molecule has 3 heteroatoms. The number of ketones is 1. The van der Waals surface area contributed by atoms with Crippen molar-refractivity contribution < 1.29 is 9.90 Å². The summed E-state index contributed by atoms with van der Waals surface area (Å²) in [6.07, 6.45) is 3.63. The fourth-order valence-corrected chi connectivity index (χ4v) is 3.58. The monoisotopic (exact) mass is 274 g/mol. The number of halogens is 1. The number of alkyl halides is 1. The number of aliphatic hydroxyl groups is 1. The molecule has 1 N–H and O–H groups in total. The minimum atomic E-state index is -0.627. The zero-order valence-electron chi connectivity index (χ0n) is 10.6. The summed E-state index contributed by atoms with van der Waals surface area (Å²) in [5, 5.41) is 10.3. The highest BCUT2D eigenvalue weighted by Gasteiger charge is 2.52. The van der Waals surface area contributed by atoms with Gasteiger partial charge in [-0.15, -0.1) is 11.6 Å². The highest BCUT2D eigenvalue weighted by molar-refractivity contribution is 6.23. The molecule has 98 valence electrons. The lowest BCUT2D eigenvalue weighted by atomic mass is 9.78. The molecule has 0 bridgehead atoms. The first-order valence-electron chi connectivity index (χ1n) is 6.39. The standard InChI is InChI=1S/C16H15ClO2/c1-16(10-5-3-2-4-6-10)14(17)13-9-11(18)7-8-12(13)15(16)19/h2-8,13-14,19H,9H2,1H3. The van der Waals surface area contributed by atoms with Gasteiger partial charge in [-0.3, -0.25) is 4.79 Å². The third-order valence-corrected chi connectivity index (χ3v) is 5.05. The van der Waals surface area contributed by atoms with E-state index in [1.807, 2.05) is 37.3 Å². The van der Waals surface area contributed by atoms with Crippen molar-refractivity contribution in [2.45, 2.75) is 24.1 Å². The fraction of sp³-hybridized carbons (Fsp3) is 0.312. The first-order chi connectivity index (χ1) is 9.05. The summed E-state index contributed by atoms with van der Waals surface area (Å²) in [7, 11) is 0. The molecule has 1 aromatic carbocycles. The van der Waals surface area contributed by atoms with E-state index in [2.05, 4.69) is 0 Å². The number of aliphatic hydroxyl groups excluding tert-OH is 1. The number of fused-ring (bicyclic) bond motifs is 1. The Morgan fingerprint density at radius 2 is 1.95 bits per heavy atom. The number of hydrogen-bond acceptors (Lipinski definition) is 2. The van der Waals surface area contributed by atoms with Crippen molar-refractivity contribution in [2.75, 3.05) is 0 Å². The van der Waals surface area contributed by atoms with Crippen LogP contribution < -0.4 is 0 Å². The lowest BCUT2D eigenvalue weighted by molar-refractivity contribution is -0.115. The average molecular weight is 275 g/mol. The maximum absolute atomic E-state index is 11.6. The second-order valence-electron chi connectivity index (χ2n) is 5.38. The van der Waals surface area contributed by atoms with E-state index in [0.717, 1.165) is 11.1 Å². The minimum Gasteiger partial charge on any atom is -0.511 e. The van der Waals surface area contributed by atoms with Crippen molar-refractivity contribution in [1.82, 2.24) is 0 Å². The molecule has 0 amide bonds. The highest BCUT2D eigenvalue weighted by atomic mass is 35.5. The summed E-state index contributed by atoms with van der Waals surface area (Å²) < 4.78 is 0. The van der Waals surface area contributed by atoms with Gasteiger partial charge in [-0.05, 0) is 24.1 Å². The molecule has 1 aromatic rings. The first-order valence-corrected chi connectivity index (χ1v) is 6.83. The predicted molar refractivity (Wildman–Crippen MR) is 75.3 cm³/mol. The van der Waals surface area contributed by atoms with Gasteiger partial charge in [0.1, 0.15) is 5.76 Å². The molecule has 3 rings (SSSR count).